The fourth-order valence-corrected chi connectivity index (χ4v) is 5.59. The Morgan fingerprint density at radius 1 is 1.14 bits per heavy atom. The molecule has 5 rings (SSSR count). The van der Waals surface area contributed by atoms with E-state index >= 15 is 0 Å². The molecule has 3 atom stereocenters. The molecule has 0 bridgehead atoms. The van der Waals surface area contributed by atoms with Crippen LogP contribution in [0.2, 0.25) is 5.02 Å². The van der Waals surface area contributed by atoms with E-state index in [9.17, 15) is 9.59 Å². The van der Waals surface area contributed by atoms with Crippen LogP contribution in [0.5, 0.6) is 17.2 Å². The van der Waals surface area contributed by atoms with Gasteiger partial charge in [-0.2, -0.15) is 0 Å². The minimum absolute atomic E-state index is 0.0222. The number of benzene rings is 2. The van der Waals surface area contributed by atoms with Gasteiger partial charge in [-0.15, -0.1) is 0 Å². The number of rotatable bonds is 6. The standard InChI is InChI=1S/C29H30ClNO6/c1-15(2)13-35-29(33)26-16(3)31-22-9-18(17-5-7-19(34-4)8-6-17)10-23(32)28(22)27(26)20-11-24-25(12-21(20)30)37-14-36-24/h5-8,11-12,15,18,26-27H,9-10,13-14H2,1-4H3/t18-,26?,27-/m1/s1. The Morgan fingerprint density at radius 2 is 1.84 bits per heavy atom. The minimum atomic E-state index is -0.767. The fourth-order valence-electron chi connectivity index (χ4n) is 5.32. The van der Waals surface area contributed by atoms with E-state index < -0.39 is 17.8 Å². The van der Waals surface area contributed by atoms with Gasteiger partial charge in [-0.25, -0.2) is 0 Å². The van der Waals surface area contributed by atoms with Crippen molar-refractivity contribution >= 4 is 29.1 Å². The number of aliphatic imine (C=N–C) groups is 1. The molecular weight excluding hydrogens is 494 g/mol. The third-order valence-corrected chi connectivity index (χ3v) is 7.44. The molecule has 2 aliphatic heterocycles. The smallest absolute Gasteiger partial charge is 0.315 e. The lowest BCUT2D eigenvalue weighted by atomic mass is 9.69. The molecule has 7 nitrogen and oxygen atoms in total. The van der Waals surface area contributed by atoms with E-state index in [0.717, 1.165) is 11.3 Å². The first-order valence-corrected chi connectivity index (χ1v) is 12.9. The van der Waals surface area contributed by atoms with Gasteiger partial charge in [0.2, 0.25) is 6.79 Å². The highest BCUT2D eigenvalue weighted by molar-refractivity contribution is 6.32. The molecule has 0 saturated carbocycles. The number of ether oxygens (including phenoxy) is 4. The fraction of sp³-hybridized carbons (Fsp3) is 0.414. The molecule has 8 heteroatoms. The molecule has 2 heterocycles. The molecule has 2 aromatic rings. The average molecular weight is 524 g/mol. The predicted octanol–water partition coefficient (Wildman–Crippen LogP) is 5.85. The monoisotopic (exact) mass is 523 g/mol. The summed E-state index contributed by atoms with van der Waals surface area (Å²) >= 11 is 6.75. The predicted molar refractivity (Wildman–Crippen MR) is 140 cm³/mol. The number of hydrogen-bond acceptors (Lipinski definition) is 7. The maximum Gasteiger partial charge on any atom is 0.315 e. The maximum atomic E-state index is 13.8. The number of nitrogens with zero attached hydrogens (tertiary/aromatic N) is 1. The Balaban J connectivity index is 1.58. The zero-order valence-electron chi connectivity index (χ0n) is 21.4. The van der Waals surface area contributed by atoms with E-state index in [0.29, 0.717) is 51.9 Å². The van der Waals surface area contributed by atoms with E-state index in [-0.39, 0.29) is 31.0 Å². The molecule has 0 radical (unpaired) electrons. The van der Waals surface area contributed by atoms with Crippen molar-refractivity contribution in [2.45, 2.75) is 45.4 Å². The van der Waals surface area contributed by atoms with Crippen molar-refractivity contribution in [3.05, 3.63) is 63.8 Å². The van der Waals surface area contributed by atoms with E-state index in [2.05, 4.69) is 0 Å². The molecule has 0 fully saturated rings. The van der Waals surface area contributed by atoms with Crippen LogP contribution >= 0.6 is 11.6 Å². The summed E-state index contributed by atoms with van der Waals surface area (Å²) in [6.45, 7) is 6.15. The highest BCUT2D eigenvalue weighted by Crippen LogP contribution is 2.50. The highest BCUT2D eigenvalue weighted by Gasteiger charge is 2.46. The van der Waals surface area contributed by atoms with E-state index in [1.54, 1.807) is 19.2 Å². The van der Waals surface area contributed by atoms with Gasteiger partial charge in [-0.05, 0) is 54.5 Å². The summed E-state index contributed by atoms with van der Waals surface area (Å²) in [4.78, 5) is 32.0. The molecule has 37 heavy (non-hydrogen) atoms. The second kappa shape index (κ2) is 10.2. The van der Waals surface area contributed by atoms with Crippen molar-refractivity contribution in [1.29, 1.82) is 0 Å². The minimum Gasteiger partial charge on any atom is -0.497 e. The first kappa shape index (κ1) is 25.3. The Labute approximate surface area is 221 Å². The summed E-state index contributed by atoms with van der Waals surface area (Å²) in [7, 11) is 1.62. The van der Waals surface area contributed by atoms with Gasteiger partial charge < -0.3 is 18.9 Å². The van der Waals surface area contributed by atoms with Crippen LogP contribution in [-0.2, 0) is 14.3 Å². The summed E-state index contributed by atoms with van der Waals surface area (Å²) in [5.74, 6) is 0.143. The second-order valence-corrected chi connectivity index (χ2v) is 10.5. The lowest BCUT2D eigenvalue weighted by molar-refractivity contribution is -0.147. The van der Waals surface area contributed by atoms with Gasteiger partial charge in [0.1, 0.15) is 11.7 Å². The van der Waals surface area contributed by atoms with E-state index in [1.165, 1.54) is 0 Å². The van der Waals surface area contributed by atoms with Crippen molar-refractivity contribution < 1.29 is 28.5 Å². The van der Waals surface area contributed by atoms with Crippen molar-refractivity contribution in [3.8, 4) is 17.2 Å². The summed E-state index contributed by atoms with van der Waals surface area (Å²) in [5.41, 5.74) is 3.51. The van der Waals surface area contributed by atoms with Gasteiger partial charge in [-0.1, -0.05) is 37.6 Å². The number of carbonyl (C=O) groups is 2. The lowest BCUT2D eigenvalue weighted by Crippen LogP contribution is -2.38. The van der Waals surface area contributed by atoms with Crippen molar-refractivity contribution in [1.82, 2.24) is 0 Å². The lowest BCUT2D eigenvalue weighted by Gasteiger charge is -2.37. The number of halogens is 1. The molecule has 0 aromatic heterocycles. The summed E-state index contributed by atoms with van der Waals surface area (Å²) < 4.78 is 22.0. The second-order valence-electron chi connectivity index (χ2n) is 10.1. The van der Waals surface area contributed by atoms with Crippen LogP contribution < -0.4 is 14.2 Å². The van der Waals surface area contributed by atoms with E-state index in [4.69, 9.17) is 35.5 Å². The number of allylic oxidation sites excluding steroid dienone is 2. The third kappa shape index (κ3) is 4.85. The Hall–Kier alpha value is -3.32. The molecule has 1 unspecified atom stereocenters. The number of Topliss-reactive ketones (excluding diaryl/α,β-unsaturated/α-hetero) is 1. The molecule has 194 valence electrons. The number of methoxy groups -OCH3 is 1. The SMILES string of the molecule is COc1ccc([C@H]2CC(=O)C3=C(C2)N=C(C)C(C(=O)OCC(C)C)[C@H]3c2cc3c(cc2Cl)OCO3)cc1. The number of ketones is 1. The van der Waals surface area contributed by atoms with Gasteiger partial charge in [0.25, 0.3) is 0 Å². The van der Waals surface area contributed by atoms with Crippen LogP contribution in [0.3, 0.4) is 0 Å². The molecule has 3 aliphatic rings. The van der Waals surface area contributed by atoms with Crippen LogP contribution in [-0.4, -0.2) is 38.0 Å². The van der Waals surface area contributed by atoms with Gasteiger partial charge >= 0.3 is 5.97 Å². The van der Waals surface area contributed by atoms with Crippen LogP contribution in [0.4, 0.5) is 0 Å². The highest BCUT2D eigenvalue weighted by atomic mass is 35.5. The van der Waals surface area contributed by atoms with Crippen LogP contribution in [0, 0.1) is 11.8 Å². The Morgan fingerprint density at radius 3 is 2.51 bits per heavy atom. The molecule has 0 spiro atoms. The maximum absolute atomic E-state index is 13.8. The molecular formula is C29H30ClNO6. The largest absolute Gasteiger partial charge is 0.497 e. The average Bonchev–Trinajstić information content (AvgIpc) is 3.33. The van der Waals surface area contributed by atoms with Gasteiger partial charge in [0.05, 0.1) is 13.7 Å². The summed E-state index contributed by atoms with van der Waals surface area (Å²) in [6.07, 6.45) is 0.892. The summed E-state index contributed by atoms with van der Waals surface area (Å²) in [6, 6.07) is 11.2. The molecule has 0 amide bonds. The van der Waals surface area contributed by atoms with E-state index in [1.807, 2.05) is 45.0 Å². The number of esters is 1. The quantitative estimate of drug-likeness (QED) is 0.441. The van der Waals surface area contributed by atoms with Crippen molar-refractivity contribution in [3.63, 3.8) is 0 Å². The van der Waals surface area contributed by atoms with Gasteiger partial charge in [-0.3, -0.25) is 14.6 Å². The molecule has 2 aromatic carbocycles. The number of hydrogen-bond donors (Lipinski definition) is 0. The third-order valence-electron chi connectivity index (χ3n) is 7.12. The van der Waals surface area contributed by atoms with Crippen molar-refractivity contribution in [2.24, 2.45) is 16.8 Å². The zero-order valence-corrected chi connectivity index (χ0v) is 22.1. The van der Waals surface area contributed by atoms with Crippen LogP contribution in [0.25, 0.3) is 0 Å². The Bertz CT molecular complexity index is 1300. The molecule has 0 N–H and O–H groups in total. The van der Waals surface area contributed by atoms with Gasteiger partial charge in [0.15, 0.2) is 17.3 Å². The summed E-state index contributed by atoms with van der Waals surface area (Å²) in [5, 5.41) is 0.405. The van der Waals surface area contributed by atoms with Gasteiger partial charge in [0, 0.05) is 40.4 Å². The normalized spacial score (nSPS) is 22.6. The van der Waals surface area contributed by atoms with Crippen LogP contribution in [0.1, 0.15) is 56.6 Å². The first-order valence-electron chi connectivity index (χ1n) is 12.5. The zero-order chi connectivity index (χ0) is 26.3. The van der Waals surface area contributed by atoms with Crippen molar-refractivity contribution in [2.75, 3.05) is 20.5 Å². The topological polar surface area (TPSA) is 83.4 Å². The number of carbonyl (C=O) groups excluding carboxylic acids is 2. The first-order chi connectivity index (χ1) is 17.8. The molecule has 0 saturated heterocycles. The molecule has 1 aliphatic carbocycles. The van der Waals surface area contributed by atoms with Crippen LogP contribution in [0.15, 0.2) is 52.7 Å². The number of fused-ring (bicyclic) bond motifs is 1. The Kier molecular flexibility index (Phi) is 6.99.